The van der Waals surface area contributed by atoms with Crippen molar-refractivity contribution in [3.63, 3.8) is 0 Å². The second-order valence-electron chi connectivity index (χ2n) is 9.00. The molecule has 7 heteroatoms. The SMILES string of the molecule is CC(Cl)C(=O)Nc1ccc(N2CCC(Cc3ccccc3)CC2)c(C(=O)NCc2cccnc2)c1. The molecule has 2 heterocycles. The van der Waals surface area contributed by atoms with Crippen molar-refractivity contribution in [2.45, 2.75) is 38.1 Å². The van der Waals surface area contributed by atoms with E-state index in [0.717, 1.165) is 43.6 Å². The van der Waals surface area contributed by atoms with Crippen LogP contribution in [0.25, 0.3) is 0 Å². The Morgan fingerprint density at radius 1 is 1.06 bits per heavy atom. The molecule has 0 aliphatic carbocycles. The number of nitrogens with one attached hydrogen (secondary N) is 2. The van der Waals surface area contributed by atoms with Crippen LogP contribution >= 0.6 is 11.6 Å². The van der Waals surface area contributed by atoms with Gasteiger partial charge in [0.25, 0.3) is 5.91 Å². The molecule has 2 N–H and O–H groups in total. The van der Waals surface area contributed by atoms with Gasteiger partial charge in [0.05, 0.1) is 5.56 Å². The standard InChI is InChI=1S/C28H31ClN4O2/c1-20(29)27(34)32-24-9-10-26(25(17-24)28(35)31-19-23-8-5-13-30-18-23)33-14-11-22(12-15-33)16-21-6-3-2-4-7-21/h2-10,13,17-18,20,22H,11-12,14-16,19H2,1H3,(H,31,35)(H,32,34). The Hall–Kier alpha value is -3.38. The summed E-state index contributed by atoms with van der Waals surface area (Å²) in [5.74, 6) is 0.133. The van der Waals surface area contributed by atoms with Crippen molar-refractivity contribution in [3.05, 3.63) is 89.7 Å². The zero-order chi connectivity index (χ0) is 24.6. The molecule has 1 atom stereocenters. The summed E-state index contributed by atoms with van der Waals surface area (Å²) < 4.78 is 0. The van der Waals surface area contributed by atoms with Gasteiger partial charge in [0.15, 0.2) is 0 Å². The molecule has 1 saturated heterocycles. The summed E-state index contributed by atoms with van der Waals surface area (Å²) in [5.41, 5.74) is 4.26. The van der Waals surface area contributed by atoms with Crippen molar-refractivity contribution < 1.29 is 9.59 Å². The predicted octanol–water partition coefficient (Wildman–Crippen LogP) is 5.04. The molecule has 3 aromatic rings. The van der Waals surface area contributed by atoms with Crippen molar-refractivity contribution in [2.24, 2.45) is 5.92 Å². The van der Waals surface area contributed by atoms with E-state index in [1.165, 1.54) is 5.56 Å². The summed E-state index contributed by atoms with van der Waals surface area (Å²) in [5, 5.41) is 5.13. The Balaban J connectivity index is 1.49. The molecule has 35 heavy (non-hydrogen) atoms. The van der Waals surface area contributed by atoms with Crippen LogP contribution in [0.3, 0.4) is 0 Å². The number of carbonyl (C=O) groups is 2. The zero-order valence-corrected chi connectivity index (χ0v) is 20.7. The van der Waals surface area contributed by atoms with Crippen LogP contribution < -0.4 is 15.5 Å². The van der Waals surface area contributed by atoms with Gasteiger partial charge in [-0.15, -0.1) is 11.6 Å². The number of amides is 2. The largest absolute Gasteiger partial charge is 0.371 e. The van der Waals surface area contributed by atoms with Crippen LogP contribution in [0.5, 0.6) is 0 Å². The highest BCUT2D eigenvalue weighted by Crippen LogP contribution is 2.30. The van der Waals surface area contributed by atoms with Crippen LogP contribution in [0, 0.1) is 5.92 Å². The second kappa shape index (κ2) is 11.8. The highest BCUT2D eigenvalue weighted by atomic mass is 35.5. The third-order valence-electron chi connectivity index (χ3n) is 6.37. The summed E-state index contributed by atoms with van der Waals surface area (Å²) in [6, 6.07) is 19.9. The third-order valence-corrected chi connectivity index (χ3v) is 6.57. The minimum absolute atomic E-state index is 0.190. The quantitative estimate of drug-likeness (QED) is 0.434. The van der Waals surface area contributed by atoms with Gasteiger partial charge >= 0.3 is 0 Å². The summed E-state index contributed by atoms with van der Waals surface area (Å²) in [7, 11) is 0. The van der Waals surface area contributed by atoms with Gasteiger partial charge in [-0.25, -0.2) is 0 Å². The van der Waals surface area contributed by atoms with Crippen LogP contribution in [-0.4, -0.2) is 35.3 Å². The van der Waals surface area contributed by atoms with E-state index in [9.17, 15) is 9.59 Å². The van der Waals surface area contributed by atoms with E-state index in [-0.39, 0.29) is 11.8 Å². The first-order valence-corrected chi connectivity index (χ1v) is 12.5. The lowest BCUT2D eigenvalue weighted by Gasteiger charge is -2.35. The van der Waals surface area contributed by atoms with Crippen LogP contribution in [0.2, 0.25) is 0 Å². The van der Waals surface area contributed by atoms with Crippen molar-refractivity contribution in [3.8, 4) is 0 Å². The minimum Gasteiger partial charge on any atom is -0.371 e. The number of alkyl halides is 1. The number of anilines is 2. The van der Waals surface area contributed by atoms with E-state index in [1.54, 1.807) is 25.4 Å². The maximum atomic E-state index is 13.3. The second-order valence-corrected chi connectivity index (χ2v) is 9.66. The lowest BCUT2D eigenvalue weighted by Crippen LogP contribution is -2.36. The van der Waals surface area contributed by atoms with Gasteiger partial charge in [-0.3, -0.25) is 14.6 Å². The Morgan fingerprint density at radius 3 is 2.49 bits per heavy atom. The molecule has 0 bridgehead atoms. The van der Waals surface area contributed by atoms with Crippen molar-refractivity contribution in [1.82, 2.24) is 10.3 Å². The van der Waals surface area contributed by atoms with E-state index in [0.29, 0.717) is 23.7 Å². The van der Waals surface area contributed by atoms with E-state index >= 15 is 0 Å². The molecule has 182 valence electrons. The first-order chi connectivity index (χ1) is 17.0. The number of rotatable bonds is 8. The molecular formula is C28H31ClN4O2. The van der Waals surface area contributed by atoms with Gasteiger partial charge in [0.1, 0.15) is 5.38 Å². The Bertz CT molecular complexity index is 1130. The number of hydrogen-bond donors (Lipinski definition) is 2. The molecule has 1 unspecified atom stereocenters. The molecule has 1 aliphatic heterocycles. The molecule has 2 amide bonds. The average Bonchev–Trinajstić information content (AvgIpc) is 2.89. The van der Waals surface area contributed by atoms with E-state index in [2.05, 4.69) is 44.8 Å². The van der Waals surface area contributed by atoms with Crippen LogP contribution in [-0.2, 0) is 17.8 Å². The molecule has 2 aromatic carbocycles. The fourth-order valence-corrected chi connectivity index (χ4v) is 4.47. The van der Waals surface area contributed by atoms with Crippen molar-refractivity contribution >= 4 is 34.8 Å². The highest BCUT2D eigenvalue weighted by molar-refractivity contribution is 6.32. The number of nitrogens with zero attached hydrogens (tertiary/aromatic N) is 2. The number of aromatic nitrogens is 1. The lowest BCUT2D eigenvalue weighted by atomic mass is 9.89. The number of benzene rings is 2. The number of hydrogen-bond acceptors (Lipinski definition) is 4. The van der Waals surface area contributed by atoms with Crippen molar-refractivity contribution in [2.75, 3.05) is 23.3 Å². The van der Waals surface area contributed by atoms with Gasteiger partial charge in [-0.2, -0.15) is 0 Å². The summed E-state index contributed by atoms with van der Waals surface area (Å²) in [6.07, 6.45) is 6.64. The molecule has 4 rings (SSSR count). The summed E-state index contributed by atoms with van der Waals surface area (Å²) >= 11 is 5.92. The number of carbonyl (C=O) groups excluding carboxylic acids is 2. The molecule has 0 radical (unpaired) electrons. The fourth-order valence-electron chi connectivity index (χ4n) is 4.42. The number of pyridine rings is 1. The first-order valence-electron chi connectivity index (χ1n) is 12.0. The molecule has 0 saturated carbocycles. The van der Waals surface area contributed by atoms with Crippen LogP contribution in [0.4, 0.5) is 11.4 Å². The smallest absolute Gasteiger partial charge is 0.253 e. The monoisotopic (exact) mass is 490 g/mol. The lowest BCUT2D eigenvalue weighted by molar-refractivity contribution is -0.115. The van der Waals surface area contributed by atoms with Gasteiger partial charge in [-0.1, -0.05) is 36.4 Å². The number of piperidine rings is 1. The topological polar surface area (TPSA) is 74.3 Å². The summed E-state index contributed by atoms with van der Waals surface area (Å²) in [6.45, 7) is 3.75. The highest BCUT2D eigenvalue weighted by Gasteiger charge is 2.24. The molecule has 1 aliphatic rings. The van der Waals surface area contributed by atoms with Gasteiger partial charge in [0.2, 0.25) is 5.91 Å². The first kappa shape index (κ1) is 24.7. The minimum atomic E-state index is -0.666. The van der Waals surface area contributed by atoms with E-state index < -0.39 is 5.38 Å². The molecule has 1 aromatic heterocycles. The Kier molecular flexibility index (Phi) is 8.37. The summed E-state index contributed by atoms with van der Waals surface area (Å²) in [4.78, 5) is 31.8. The van der Waals surface area contributed by atoms with E-state index in [4.69, 9.17) is 11.6 Å². The predicted molar refractivity (Wildman–Crippen MR) is 141 cm³/mol. The third kappa shape index (κ3) is 6.83. The number of halogens is 1. The van der Waals surface area contributed by atoms with Gasteiger partial charge in [-0.05, 0) is 67.5 Å². The van der Waals surface area contributed by atoms with Gasteiger partial charge < -0.3 is 15.5 Å². The zero-order valence-electron chi connectivity index (χ0n) is 19.9. The average molecular weight is 491 g/mol. The van der Waals surface area contributed by atoms with Gasteiger partial charge in [0, 0.05) is 43.4 Å². The Morgan fingerprint density at radius 2 is 1.80 bits per heavy atom. The normalized spacial score (nSPS) is 14.9. The fraction of sp³-hybridized carbons (Fsp3) is 0.321. The molecule has 1 fully saturated rings. The maximum absolute atomic E-state index is 13.3. The molecule has 6 nitrogen and oxygen atoms in total. The molecule has 0 spiro atoms. The van der Waals surface area contributed by atoms with E-state index in [1.807, 2.05) is 30.3 Å². The van der Waals surface area contributed by atoms with Crippen molar-refractivity contribution in [1.29, 1.82) is 0 Å². The van der Waals surface area contributed by atoms with Crippen LogP contribution in [0.1, 0.15) is 41.3 Å². The Labute approximate surface area is 211 Å². The maximum Gasteiger partial charge on any atom is 0.253 e. The molecular weight excluding hydrogens is 460 g/mol. The van der Waals surface area contributed by atoms with Crippen LogP contribution in [0.15, 0.2) is 73.1 Å².